The van der Waals surface area contributed by atoms with E-state index >= 15 is 0 Å². The minimum absolute atomic E-state index is 0.0622. The van der Waals surface area contributed by atoms with Crippen molar-refractivity contribution >= 4 is 18.0 Å². The molecule has 1 aromatic rings. The third-order valence-electron chi connectivity index (χ3n) is 6.25. The fourth-order valence-electron chi connectivity index (χ4n) is 4.36. The molecule has 36 heavy (non-hydrogen) atoms. The first-order chi connectivity index (χ1) is 17.4. The molecule has 4 amide bonds. The number of nitrogens with zero attached hydrogens (tertiary/aromatic N) is 3. The van der Waals surface area contributed by atoms with Crippen LogP contribution >= 0.6 is 0 Å². The first-order valence-electron chi connectivity index (χ1n) is 12.4. The summed E-state index contributed by atoms with van der Waals surface area (Å²) < 4.78 is 10.7. The summed E-state index contributed by atoms with van der Waals surface area (Å²) in [5.41, 5.74) is 1.73. The molecule has 0 aromatic heterocycles. The molecule has 0 aliphatic carbocycles. The molecule has 0 saturated carbocycles. The fraction of sp³-hybridized carbons (Fsp3) is 0.500. The number of benzene rings is 1. The zero-order chi connectivity index (χ0) is 26.1. The van der Waals surface area contributed by atoms with E-state index in [0.29, 0.717) is 56.3 Å². The van der Waals surface area contributed by atoms with E-state index in [1.807, 2.05) is 19.1 Å². The van der Waals surface area contributed by atoms with Gasteiger partial charge in [-0.05, 0) is 31.0 Å². The maximum Gasteiger partial charge on any atom is 0.338 e. The molecule has 0 radical (unpaired) electrons. The molecule has 3 rings (SSSR count). The van der Waals surface area contributed by atoms with E-state index in [4.69, 9.17) is 9.47 Å². The summed E-state index contributed by atoms with van der Waals surface area (Å²) in [6, 6.07) is 6.21. The smallest absolute Gasteiger partial charge is 0.338 e. The summed E-state index contributed by atoms with van der Waals surface area (Å²) in [7, 11) is 1.58. The van der Waals surface area contributed by atoms with E-state index < -0.39 is 12.0 Å². The maximum atomic E-state index is 13.3. The highest BCUT2D eigenvalue weighted by Gasteiger charge is 2.38. The van der Waals surface area contributed by atoms with Crippen LogP contribution in [0.15, 0.2) is 48.2 Å². The Bertz CT molecular complexity index is 969. The number of rotatable bonds is 10. The van der Waals surface area contributed by atoms with Crippen LogP contribution < -0.4 is 15.4 Å². The topological polar surface area (TPSA) is 103 Å². The summed E-state index contributed by atoms with van der Waals surface area (Å²) >= 11 is 0. The summed E-state index contributed by atoms with van der Waals surface area (Å²) in [5, 5.41) is 5.88. The second-order valence-electron chi connectivity index (χ2n) is 8.63. The summed E-state index contributed by atoms with van der Waals surface area (Å²) in [6.45, 7) is 11.4. The molecular formula is C26H37N5O5. The van der Waals surface area contributed by atoms with E-state index in [1.54, 1.807) is 42.0 Å². The van der Waals surface area contributed by atoms with Crippen molar-refractivity contribution in [2.45, 2.75) is 26.3 Å². The summed E-state index contributed by atoms with van der Waals surface area (Å²) in [6.07, 6.45) is 2.51. The lowest BCUT2D eigenvalue weighted by Gasteiger charge is -2.40. The normalized spacial score (nSPS) is 18.5. The number of carbonyl (C=O) groups excluding carboxylic acids is 3. The second kappa shape index (κ2) is 13.0. The quantitative estimate of drug-likeness (QED) is 0.379. The molecule has 1 aromatic carbocycles. The lowest BCUT2D eigenvalue weighted by Crippen LogP contribution is -2.55. The van der Waals surface area contributed by atoms with Crippen LogP contribution in [0.5, 0.6) is 5.75 Å². The largest absolute Gasteiger partial charge is 0.497 e. The predicted molar refractivity (Wildman–Crippen MR) is 137 cm³/mol. The standard InChI is InChI=1S/C26H37N5O5/c1-5-12-27-25(33)30-16-14-29(15-17-30)18-21-22(24(32)36-7-3)23(28-26(34)31(21)13-6-2)19-8-10-20(35-4)11-9-19/h6,8-11,23H,2,5,7,12-18H2,1,3-4H3,(H,27,33)(H,28,34)/t23-/m1/s1. The Morgan fingerprint density at radius 3 is 2.44 bits per heavy atom. The molecule has 10 nitrogen and oxygen atoms in total. The van der Waals surface area contributed by atoms with Crippen molar-refractivity contribution in [1.82, 2.24) is 25.3 Å². The number of hydrogen-bond donors (Lipinski definition) is 2. The molecule has 2 heterocycles. The monoisotopic (exact) mass is 499 g/mol. The van der Waals surface area contributed by atoms with E-state index in [9.17, 15) is 14.4 Å². The number of ether oxygens (including phenoxy) is 2. The van der Waals surface area contributed by atoms with Gasteiger partial charge in [-0.2, -0.15) is 0 Å². The van der Waals surface area contributed by atoms with Crippen LogP contribution in [0.3, 0.4) is 0 Å². The predicted octanol–water partition coefficient (Wildman–Crippen LogP) is 2.50. The lowest BCUT2D eigenvalue weighted by molar-refractivity contribution is -0.139. The third-order valence-corrected chi connectivity index (χ3v) is 6.25. The lowest BCUT2D eigenvalue weighted by atomic mass is 9.94. The zero-order valence-electron chi connectivity index (χ0n) is 21.4. The molecule has 0 spiro atoms. The van der Waals surface area contributed by atoms with Gasteiger partial charge in [-0.15, -0.1) is 6.58 Å². The number of nitrogens with one attached hydrogen (secondary N) is 2. The highest BCUT2D eigenvalue weighted by atomic mass is 16.5. The van der Waals surface area contributed by atoms with Crippen LogP contribution in [0.4, 0.5) is 9.59 Å². The average Bonchev–Trinajstić information content (AvgIpc) is 2.89. The Morgan fingerprint density at radius 1 is 1.17 bits per heavy atom. The third kappa shape index (κ3) is 6.37. The minimum atomic E-state index is -0.667. The number of hydrogen-bond acceptors (Lipinski definition) is 6. The number of urea groups is 2. The number of piperazine rings is 1. The molecule has 1 saturated heterocycles. The van der Waals surface area contributed by atoms with Gasteiger partial charge in [0.1, 0.15) is 5.75 Å². The number of amides is 4. The van der Waals surface area contributed by atoms with Gasteiger partial charge < -0.3 is 25.0 Å². The molecule has 1 atom stereocenters. The second-order valence-corrected chi connectivity index (χ2v) is 8.63. The van der Waals surface area contributed by atoms with Gasteiger partial charge in [-0.1, -0.05) is 25.1 Å². The molecule has 0 bridgehead atoms. The van der Waals surface area contributed by atoms with Gasteiger partial charge in [0.25, 0.3) is 0 Å². The molecule has 2 aliphatic rings. The maximum absolute atomic E-state index is 13.3. The van der Waals surface area contributed by atoms with Crippen LogP contribution in [0.1, 0.15) is 31.9 Å². The van der Waals surface area contributed by atoms with Crippen molar-refractivity contribution in [3.8, 4) is 5.75 Å². The molecule has 2 aliphatic heterocycles. The Balaban J connectivity index is 1.92. The van der Waals surface area contributed by atoms with Crippen LogP contribution in [0.2, 0.25) is 0 Å². The molecule has 196 valence electrons. The van der Waals surface area contributed by atoms with Crippen molar-refractivity contribution in [3.05, 3.63) is 53.8 Å². The first-order valence-corrected chi connectivity index (χ1v) is 12.4. The Morgan fingerprint density at radius 2 is 1.86 bits per heavy atom. The van der Waals surface area contributed by atoms with Gasteiger partial charge in [-0.3, -0.25) is 9.80 Å². The van der Waals surface area contributed by atoms with Crippen molar-refractivity contribution in [2.75, 3.05) is 59.5 Å². The minimum Gasteiger partial charge on any atom is -0.497 e. The molecular weight excluding hydrogens is 462 g/mol. The summed E-state index contributed by atoms with van der Waals surface area (Å²) in [4.78, 5) is 44.3. The first kappa shape index (κ1) is 27.1. The molecule has 10 heteroatoms. The van der Waals surface area contributed by atoms with Gasteiger partial charge >= 0.3 is 18.0 Å². The number of esters is 1. The van der Waals surface area contributed by atoms with Crippen LogP contribution in [0.25, 0.3) is 0 Å². The van der Waals surface area contributed by atoms with E-state index in [-0.39, 0.29) is 25.2 Å². The van der Waals surface area contributed by atoms with E-state index in [0.717, 1.165) is 12.0 Å². The van der Waals surface area contributed by atoms with Crippen molar-refractivity contribution in [1.29, 1.82) is 0 Å². The molecule has 1 fully saturated rings. The van der Waals surface area contributed by atoms with Gasteiger partial charge in [0, 0.05) is 51.5 Å². The van der Waals surface area contributed by atoms with E-state index in [2.05, 4.69) is 22.1 Å². The molecule has 0 unspecified atom stereocenters. The number of methoxy groups -OCH3 is 1. The van der Waals surface area contributed by atoms with Gasteiger partial charge in [0.15, 0.2) is 0 Å². The van der Waals surface area contributed by atoms with Crippen molar-refractivity contribution in [3.63, 3.8) is 0 Å². The van der Waals surface area contributed by atoms with Crippen molar-refractivity contribution in [2.24, 2.45) is 0 Å². The number of carbonyl (C=O) groups is 3. The SMILES string of the molecule is C=CCN1C(=O)N[C@H](c2ccc(OC)cc2)C(C(=O)OCC)=C1CN1CCN(C(=O)NCCC)CC1. The summed E-state index contributed by atoms with van der Waals surface area (Å²) in [5.74, 6) is 0.205. The Labute approximate surface area is 212 Å². The highest BCUT2D eigenvalue weighted by molar-refractivity contribution is 5.95. The Kier molecular flexibility index (Phi) is 9.75. The van der Waals surface area contributed by atoms with Crippen LogP contribution in [-0.2, 0) is 9.53 Å². The van der Waals surface area contributed by atoms with E-state index in [1.165, 1.54) is 0 Å². The van der Waals surface area contributed by atoms with Crippen molar-refractivity contribution < 1.29 is 23.9 Å². The van der Waals surface area contributed by atoms with Gasteiger partial charge in [0.2, 0.25) is 0 Å². The Hall–Kier alpha value is -3.53. The van der Waals surface area contributed by atoms with Gasteiger partial charge in [0.05, 0.1) is 25.3 Å². The highest BCUT2D eigenvalue weighted by Crippen LogP contribution is 2.33. The molecule has 2 N–H and O–H groups in total. The van der Waals surface area contributed by atoms with Crippen LogP contribution in [0, 0.1) is 0 Å². The van der Waals surface area contributed by atoms with Gasteiger partial charge in [-0.25, -0.2) is 14.4 Å². The zero-order valence-corrected chi connectivity index (χ0v) is 21.4. The fourth-order valence-corrected chi connectivity index (χ4v) is 4.36. The van der Waals surface area contributed by atoms with Crippen LogP contribution in [-0.4, -0.2) is 92.3 Å². The average molecular weight is 500 g/mol.